The molecule has 0 fully saturated rings. The molecule has 82 valence electrons. The summed E-state index contributed by atoms with van der Waals surface area (Å²) in [4.78, 5) is 31.8. The van der Waals surface area contributed by atoms with Crippen LogP contribution < -0.4 is 11.3 Å². The number of nitrogen functional groups attached to an aromatic ring is 1. The number of carbonyl (C=O) groups excluding carboxylic acids is 1. The molecule has 0 saturated heterocycles. The number of anilines is 1. The molecular formula is C9H9N5O2. The molecule has 0 amide bonds. The Hall–Kier alpha value is -2.44. The van der Waals surface area contributed by atoms with E-state index in [2.05, 4.69) is 15.0 Å². The van der Waals surface area contributed by atoms with Gasteiger partial charge >= 0.3 is 0 Å². The highest BCUT2D eigenvalue weighted by atomic mass is 16.1. The molecule has 16 heavy (non-hydrogen) atoms. The fourth-order valence-corrected chi connectivity index (χ4v) is 1.33. The molecule has 3 N–H and O–H groups in total. The molecule has 0 saturated carbocycles. The maximum absolute atomic E-state index is 11.4. The van der Waals surface area contributed by atoms with Crippen LogP contribution in [0.15, 0.2) is 23.3 Å². The minimum absolute atomic E-state index is 0.0404. The summed E-state index contributed by atoms with van der Waals surface area (Å²) in [6, 6.07) is 0. The van der Waals surface area contributed by atoms with Gasteiger partial charge < -0.3 is 10.3 Å². The van der Waals surface area contributed by atoms with Crippen LogP contribution in [0, 0.1) is 0 Å². The molecule has 0 spiro atoms. The first-order valence-corrected chi connectivity index (χ1v) is 4.53. The molecule has 2 rings (SSSR count). The maximum atomic E-state index is 11.4. The van der Waals surface area contributed by atoms with Gasteiger partial charge in [-0.05, 0) is 6.08 Å². The number of nitrogens with two attached hydrogens (primary N) is 1. The lowest BCUT2D eigenvalue weighted by Gasteiger charge is -1.98. The third kappa shape index (κ3) is 1.70. The van der Waals surface area contributed by atoms with Gasteiger partial charge in [0, 0.05) is 6.54 Å². The molecule has 2 heterocycles. The van der Waals surface area contributed by atoms with Gasteiger partial charge in [-0.1, -0.05) is 6.08 Å². The number of aldehydes is 1. The molecule has 7 nitrogen and oxygen atoms in total. The number of nitrogens with zero attached hydrogens (tertiary/aromatic N) is 3. The average Bonchev–Trinajstić information content (AvgIpc) is 2.62. The van der Waals surface area contributed by atoms with Crippen molar-refractivity contribution >= 4 is 23.4 Å². The zero-order valence-electron chi connectivity index (χ0n) is 8.25. The number of carbonyl (C=O) groups is 1. The number of hydrogen-bond acceptors (Lipinski definition) is 5. The zero-order chi connectivity index (χ0) is 11.5. The molecule has 0 unspecified atom stereocenters. The van der Waals surface area contributed by atoms with Crippen molar-refractivity contribution in [1.82, 2.24) is 19.5 Å². The highest BCUT2D eigenvalue weighted by Gasteiger charge is 2.07. The summed E-state index contributed by atoms with van der Waals surface area (Å²) >= 11 is 0. The van der Waals surface area contributed by atoms with E-state index in [4.69, 9.17) is 5.73 Å². The van der Waals surface area contributed by atoms with Gasteiger partial charge in [0.25, 0.3) is 5.56 Å². The van der Waals surface area contributed by atoms with Crippen LogP contribution in [0.3, 0.4) is 0 Å². The Kier molecular flexibility index (Phi) is 2.50. The van der Waals surface area contributed by atoms with E-state index in [9.17, 15) is 9.59 Å². The highest BCUT2D eigenvalue weighted by molar-refractivity contribution is 5.70. The minimum atomic E-state index is -0.374. The van der Waals surface area contributed by atoms with Gasteiger partial charge in [-0.25, -0.2) is 4.98 Å². The third-order valence-electron chi connectivity index (χ3n) is 2.01. The second kappa shape index (κ2) is 3.97. The van der Waals surface area contributed by atoms with Crippen LogP contribution in [-0.2, 0) is 11.3 Å². The number of hydrogen-bond donors (Lipinski definition) is 2. The third-order valence-corrected chi connectivity index (χ3v) is 2.01. The highest BCUT2D eigenvalue weighted by Crippen LogP contribution is 2.05. The topological polar surface area (TPSA) is 107 Å². The lowest BCUT2D eigenvalue weighted by molar-refractivity contribution is -0.104. The van der Waals surface area contributed by atoms with E-state index in [-0.39, 0.29) is 17.0 Å². The minimum Gasteiger partial charge on any atom is -0.369 e. The first-order chi connectivity index (χ1) is 7.72. The SMILES string of the molecule is Nc1nc2c(ncn2CC=CC=O)c(=O)[nH]1. The Morgan fingerprint density at radius 3 is 3.12 bits per heavy atom. The lowest BCUT2D eigenvalue weighted by atomic mass is 10.5. The molecule has 7 heteroatoms. The smallest absolute Gasteiger partial charge is 0.280 e. The lowest BCUT2D eigenvalue weighted by Crippen LogP contribution is -2.12. The van der Waals surface area contributed by atoms with E-state index in [1.165, 1.54) is 12.4 Å². The van der Waals surface area contributed by atoms with Gasteiger partial charge in [0.15, 0.2) is 11.2 Å². The average molecular weight is 219 g/mol. The quantitative estimate of drug-likeness (QED) is 0.532. The number of allylic oxidation sites excluding steroid dienone is 2. The first-order valence-electron chi connectivity index (χ1n) is 4.53. The number of fused-ring (bicyclic) bond motifs is 1. The standard InChI is InChI=1S/C9H9N5O2/c10-9-12-7-6(8(16)13-9)11-5-14(7)3-1-2-4-15/h1-2,4-5H,3H2,(H3,10,12,13,16). The van der Waals surface area contributed by atoms with Crippen LogP contribution in [0.5, 0.6) is 0 Å². The van der Waals surface area contributed by atoms with E-state index in [1.54, 1.807) is 10.6 Å². The summed E-state index contributed by atoms with van der Waals surface area (Å²) in [7, 11) is 0. The Bertz CT molecular complexity index is 610. The number of aromatic amines is 1. The summed E-state index contributed by atoms with van der Waals surface area (Å²) in [5.74, 6) is 0.0404. The monoisotopic (exact) mass is 219 g/mol. The summed E-state index contributed by atoms with van der Waals surface area (Å²) < 4.78 is 1.63. The van der Waals surface area contributed by atoms with E-state index in [0.717, 1.165) is 0 Å². The van der Waals surface area contributed by atoms with Crippen LogP contribution in [0.2, 0.25) is 0 Å². The van der Waals surface area contributed by atoms with Gasteiger partial charge in [-0.2, -0.15) is 4.98 Å². The maximum Gasteiger partial charge on any atom is 0.280 e. The largest absolute Gasteiger partial charge is 0.369 e. The Labute approximate surface area is 89.6 Å². The Balaban J connectivity index is 2.51. The van der Waals surface area contributed by atoms with Gasteiger partial charge in [0.1, 0.15) is 6.29 Å². The molecule has 0 aliphatic rings. The first kappa shape index (κ1) is 10.1. The molecular weight excluding hydrogens is 210 g/mol. The zero-order valence-corrected chi connectivity index (χ0v) is 8.25. The fraction of sp³-hybridized carbons (Fsp3) is 0.111. The molecule has 0 radical (unpaired) electrons. The molecule has 2 aromatic heterocycles. The number of imidazole rings is 1. The second-order valence-corrected chi connectivity index (χ2v) is 3.08. The predicted octanol–water partition coefficient (Wildman–Crippen LogP) is -0.543. The normalized spacial score (nSPS) is 11.2. The van der Waals surface area contributed by atoms with Gasteiger partial charge in [-0.3, -0.25) is 14.6 Å². The second-order valence-electron chi connectivity index (χ2n) is 3.08. The van der Waals surface area contributed by atoms with Crippen molar-refractivity contribution < 1.29 is 4.79 Å². The summed E-state index contributed by atoms with van der Waals surface area (Å²) in [5.41, 5.74) is 5.68. The van der Waals surface area contributed by atoms with Crippen molar-refractivity contribution in [3.05, 3.63) is 28.8 Å². The van der Waals surface area contributed by atoms with Crippen LogP contribution in [0.1, 0.15) is 0 Å². The number of nitrogens with one attached hydrogen (secondary N) is 1. The van der Waals surface area contributed by atoms with Crippen LogP contribution in [-0.4, -0.2) is 25.8 Å². The van der Waals surface area contributed by atoms with Crippen LogP contribution in [0.25, 0.3) is 11.2 Å². The summed E-state index contributed by atoms with van der Waals surface area (Å²) in [6.07, 6.45) is 5.14. The Morgan fingerprint density at radius 1 is 1.56 bits per heavy atom. The van der Waals surface area contributed by atoms with Crippen molar-refractivity contribution in [2.45, 2.75) is 6.54 Å². The molecule has 0 aliphatic heterocycles. The number of aromatic nitrogens is 4. The molecule has 2 aromatic rings. The van der Waals surface area contributed by atoms with E-state index in [1.807, 2.05) is 0 Å². The van der Waals surface area contributed by atoms with Crippen molar-refractivity contribution in [2.75, 3.05) is 5.73 Å². The molecule has 0 atom stereocenters. The fourth-order valence-electron chi connectivity index (χ4n) is 1.33. The van der Waals surface area contributed by atoms with Crippen LogP contribution >= 0.6 is 0 Å². The van der Waals surface area contributed by atoms with Crippen LogP contribution in [0.4, 0.5) is 5.95 Å². The van der Waals surface area contributed by atoms with Gasteiger partial charge in [-0.15, -0.1) is 0 Å². The predicted molar refractivity (Wildman–Crippen MR) is 57.8 cm³/mol. The van der Waals surface area contributed by atoms with E-state index < -0.39 is 0 Å². The van der Waals surface area contributed by atoms with Crippen molar-refractivity contribution in [3.63, 3.8) is 0 Å². The summed E-state index contributed by atoms with van der Waals surface area (Å²) in [6.45, 7) is 0.408. The van der Waals surface area contributed by atoms with Crippen molar-refractivity contribution in [2.24, 2.45) is 0 Å². The van der Waals surface area contributed by atoms with E-state index >= 15 is 0 Å². The van der Waals surface area contributed by atoms with Gasteiger partial charge in [0.05, 0.1) is 6.33 Å². The summed E-state index contributed by atoms with van der Waals surface area (Å²) in [5, 5.41) is 0. The van der Waals surface area contributed by atoms with Crippen molar-refractivity contribution in [3.8, 4) is 0 Å². The number of H-pyrrole nitrogens is 1. The van der Waals surface area contributed by atoms with Crippen molar-refractivity contribution in [1.29, 1.82) is 0 Å². The van der Waals surface area contributed by atoms with E-state index in [0.29, 0.717) is 18.5 Å². The molecule has 0 bridgehead atoms. The van der Waals surface area contributed by atoms with Gasteiger partial charge in [0.2, 0.25) is 5.95 Å². The Morgan fingerprint density at radius 2 is 2.38 bits per heavy atom. The molecule has 0 aromatic carbocycles. The number of rotatable bonds is 3. The molecule has 0 aliphatic carbocycles.